The molecule has 3 atom stereocenters. The molecular formula is C48H40N2S2. The van der Waals surface area contributed by atoms with Crippen LogP contribution in [0.2, 0.25) is 0 Å². The van der Waals surface area contributed by atoms with Crippen LogP contribution < -0.4 is 5.32 Å². The van der Waals surface area contributed by atoms with Gasteiger partial charge in [0.05, 0.1) is 10.9 Å². The van der Waals surface area contributed by atoms with Crippen molar-refractivity contribution in [1.29, 1.82) is 0 Å². The summed E-state index contributed by atoms with van der Waals surface area (Å²) in [4.78, 5) is 5.72. The molecule has 6 aliphatic rings. The predicted octanol–water partition coefficient (Wildman–Crippen LogP) is 12.5. The van der Waals surface area contributed by atoms with Crippen LogP contribution in [0.5, 0.6) is 0 Å². The lowest BCUT2D eigenvalue weighted by Gasteiger charge is -2.48. The van der Waals surface area contributed by atoms with E-state index in [1.807, 2.05) is 23.5 Å². The number of para-hydroxylation sites is 1. The molecule has 0 amide bonds. The molecule has 0 radical (unpaired) electrons. The van der Waals surface area contributed by atoms with Gasteiger partial charge < -0.3 is 9.88 Å². The molecule has 1 N–H and O–H groups in total. The van der Waals surface area contributed by atoms with E-state index in [0.29, 0.717) is 5.92 Å². The third-order valence-electron chi connectivity index (χ3n) is 12.1. The molecule has 0 bridgehead atoms. The zero-order valence-corrected chi connectivity index (χ0v) is 31.0. The van der Waals surface area contributed by atoms with Crippen LogP contribution in [0.25, 0.3) is 28.4 Å². The van der Waals surface area contributed by atoms with Crippen LogP contribution in [0.15, 0.2) is 153 Å². The maximum atomic E-state index is 3.65. The molecule has 3 unspecified atom stereocenters. The highest BCUT2D eigenvalue weighted by atomic mass is 32.2. The molecule has 0 fully saturated rings. The summed E-state index contributed by atoms with van der Waals surface area (Å²) in [5.74, 6) is 0.754. The molecule has 254 valence electrons. The topological polar surface area (TPSA) is 17.0 Å². The van der Waals surface area contributed by atoms with Crippen LogP contribution in [0.1, 0.15) is 84.0 Å². The molecule has 0 saturated heterocycles. The predicted molar refractivity (Wildman–Crippen MR) is 220 cm³/mol. The number of hydrogen-bond donors (Lipinski definition) is 1. The molecule has 2 nitrogen and oxygen atoms in total. The number of rotatable bonds is 3. The molecule has 4 heterocycles. The Morgan fingerprint density at radius 3 is 2.62 bits per heavy atom. The van der Waals surface area contributed by atoms with Crippen molar-refractivity contribution in [2.75, 3.05) is 6.54 Å². The van der Waals surface area contributed by atoms with Crippen molar-refractivity contribution in [2.45, 2.75) is 65.0 Å². The minimum absolute atomic E-state index is 0.236. The van der Waals surface area contributed by atoms with Crippen molar-refractivity contribution in [1.82, 2.24) is 9.88 Å². The van der Waals surface area contributed by atoms with Crippen molar-refractivity contribution < 1.29 is 0 Å². The fourth-order valence-electron chi connectivity index (χ4n) is 9.87. The largest absolute Gasteiger partial charge is 0.385 e. The first-order chi connectivity index (χ1) is 25.7. The van der Waals surface area contributed by atoms with E-state index in [9.17, 15) is 0 Å². The van der Waals surface area contributed by atoms with Crippen molar-refractivity contribution >= 4 is 51.9 Å². The molecule has 5 aromatic rings. The van der Waals surface area contributed by atoms with Crippen LogP contribution in [-0.4, -0.2) is 11.1 Å². The Balaban J connectivity index is 1.19. The first-order valence-electron chi connectivity index (χ1n) is 19.0. The van der Waals surface area contributed by atoms with Gasteiger partial charge in [-0.3, -0.25) is 0 Å². The molecular weight excluding hydrogens is 669 g/mol. The van der Waals surface area contributed by atoms with Gasteiger partial charge in [-0.25, -0.2) is 0 Å². The summed E-state index contributed by atoms with van der Waals surface area (Å²) in [5.41, 5.74) is 14.9. The van der Waals surface area contributed by atoms with Crippen molar-refractivity contribution in [3.63, 3.8) is 0 Å². The summed E-state index contributed by atoms with van der Waals surface area (Å²) in [5, 5.41) is 5.00. The highest BCUT2D eigenvalue weighted by Gasteiger charge is 2.50. The number of allylic oxidation sites excluding steroid dienone is 9. The smallest absolute Gasteiger partial charge is 0.0742 e. The van der Waals surface area contributed by atoms with Gasteiger partial charge in [0.15, 0.2) is 0 Å². The van der Waals surface area contributed by atoms with Gasteiger partial charge in [-0.2, -0.15) is 0 Å². The number of thioether (sulfide) groups is 1. The molecule has 1 aromatic heterocycles. The Morgan fingerprint density at radius 1 is 0.827 bits per heavy atom. The van der Waals surface area contributed by atoms with Gasteiger partial charge >= 0.3 is 0 Å². The SMILES string of the molecule is CC1C=CC2=C(C1)Sc1cc(C3=CCCN3)ccc1C21c2ccccc2Sc2c(C3CC=Cc4c3n(C3=CC=CCC3)c3ccccc43)cccc21. The third-order valence-corrected chi connectivity index (χ3v) is 14.5. The van der Waals surface area contributed by atoms with E-state index >= 15 is 0 Å². The number of aromatic nitrogens is 1. The third kappa shape index (κ3) is 4.40. The summed E-state index contributed by atoms with van der Waals surface area (Å²) >= 11 is 4.02. The number of fused-ring (bicyclic) bond motifs is 10. The van der Waals surface area contributed by atoms with Gasteiger partial charge in [0.25, 0.3) is 0 Å². The van der Waals surface area contributed by atoms with E-state index in [1.54, 1.807) is 0 Å². The van der Waals surface area contributed by atoms with Crippen molar-refractivity contribution in [2.24, 2.45) is 5.92 Å². The Labute approximate surface area is 314 Å². The maximum Gasteiger partial charge on any atom is 0.0742 e. The fraction of sp³-hybridized carbons (Fsp3) is 0.208. The first kappa shape index (κ1) is 30.9. The Kier molecular flexibility index (Phi) is 7.11. The highest BCUT2D eigenvalue weighted by molar-refractivity contribution is 8.03. The maximum absolute atomic E-state index is 3.65. The van der Waals surface area contributed by atoms with Gasteiger partial charge in [0, 0.05) is 55.2 Å². The molecule has 3 aliphatic carbocycles. The Morgan fingerprint density at radius 2 is 1.71 bits per heavy atom. The van der Waals surface area contributed by atoms with Gasteiger partial charge in [-0.1, -0.05) is 140 Å². The standard InChI is InChI=1S/C48H40N2S2/c1-30-23-25-38-44(28-30)51-45-29-31(41-20-11-27-49-41)24-26-39(45)48(38)37-18-6-8-22-43(37)52-47-36(17-10-19-40(47)48)35-16-9-15-34-33-14-5-7-21-42(33)50(46(34)35)32-12-3-2-4-13-32/h2-3,5-10,12,14-15,17-26,29-30,35,49H,4,11,13,16,27-28H2,1H3. The van der Waals surface area contributed by atoms with E-state index in [0.717, 1.165) is 38.6 Å². The summed E-state index contributed by atoms with van der Waals surface area (Å²) in [6.45, 7) is 3.39. The second-order valence-corrected chi connectivity index (χ2v) is 17.3. The van der Waals surface area contributed by atoms with Crippen LogP contribution in [0, 0.1) is 5.92 Å². The molecule has 3 aliphatic heterocycles. The van der Waals surface area contributed by atoms with Gasteiger partial charge in [0.2, 0.25) is 0 Å². The average Bonchev–Trinajstić information content (AvgIpc) is 3.85. The van der Waals surface area contributed by atoms with Crippen LogP contribution in [0.3, 0.4) is 0 Å². The van der Waals surface area contributed by atoms with E-state index in [4.69, 9.17) is 0 Å². The quantitative estimate of drug-likeness (QED) is 0.201. The molecule has 4 heteroatoms. The van der Waals surface area contributed by atoms with Gasteiger partial charge in [-0.15, -0.1) is 0 Å². The zero-order valence-electron chi connectivity index (χ0n) is 29.4. The van der Waals surface area contributed by atoms with E-state index < -0.39 is 5.41 Å². The first-order valence-corrected chi connectivity index (χ1v) is 20.6. The van der Waals surface area contributed by atoms with E-state index in [2.05, 4.69) is 150 Å². The molecule has 1 spiro atoms. The Bertz CT molecular complexity index is 2540. The van der Waals surface area contributed by atoms with Gasteiger partial charge in [-0.05, 0) is 101 Å². The average molecular weight is 709 g/mol. The number of nitrogens with zero attached hydrogens (tertiary/aromatic N) is 1. The van der Waals surface area contributed by atoms with Crippen LogP contribution >= 0.6 is 23.5 Å². The number of hydrogen-bond acceptors (Lipinski definition) is 3. The van der Waals surface area contributed by atoms with Crippen molar-refractivity contribution in [3.05, 3.63) is 177 Å². The second-order valence-electron chi connectivity index (χ2n) is 15.1. The zero-order chi connectivity index (χ0) is 34.4. The summed E-state index contributed by atoms with van der Waals surface area (Å²) in [6, 6.07) is 33.0. The van der Waals surface area contributed by atoms with Crippen LogP contribution in [0.4, 0.5) is 0 Å². The number of nitrogens with one attached hydrogen (secondary N) is 1. The van der Waals surface area contributed by atoms with E-state index in [-0.39, 0.29) is 5.92 Å². The molecule has 0 saturated carbocycles. The summed E-state index contributed by atoms with van der Waals surface area (Å²) in [6.07, 6.45) is 24.3. The summed E-state index contributed by atoms with van der Waals surface area (Å²) < 4.78 is 2.63. The monoisotopic (exact) mass is 708 g/mol. The fourth-order valence-corrected chi connectivity index (χ4v) is 12.7. The second kappa shape index (κ2) is 11.9. The highest BCUT2D eigenvalue weighted by Crippen LogP contribution is 2.64. The molecule has 4 aromatic carbocycles. The minimum Gasteiger partial charge on any atom is -0.385 e. The van der Waals surface area contributed by atoms with Crippen LogP contribution in [-0.2, 0) is 5.41 Å². The molecule has 52 heavy (non-hydrogen) atoms. The lowest BCUT2D eigenvalue weighted by atomic mass is 9.62. The Hall–Kier alpha value is -4.64. The number of benzene rings is 4. The minimum atomic E-state index is -0.396. The lowest BCUT2D eigenvalue weighted by molar-refractivity contribution is 0.635. The normalized spacial score (nSPS) is 23.8. The van der Waals surface area contributed by atoms with Crippen molar-refractivity contribution in [3.8, 4) is 0 Å². The molecule has 11 rings (SSSR count). The lowest BCUT2D eigenvalue weighted by Crippen LogP contribution is -2.38. The summed E-state index contributed by atoms with van der Waals surface area (Å²) in [7, 11) is 0. The van der Waals surface area contributed by atoms with E-state index in [1.165, 1.54) is 86.5 Å². The van der Waals surface area contributed by atoms with Gasteiger partial charge in [0.1, 0.15) is 0 Å².